The van der Waals surface area contributed by atoms with Crippen LogP contribution in [0.1, 0.15) is 12.8 Å². The monoisotopic (exact) mass is 518 g/mol. The molecule has 1 fully saturated rings. The predicted molar refractivity (Wildman–Crippen MR) is 138 cm³/mol. The fourth-order valence-corrected chi connectivity index (χ4v) is 4.82. The minimum absolute atomic E-state index is 0.0194. The molecular formula is C23H27ClN6O4S. The highest BCUT2D eigenvalue weighted by Crippen LogP contribution is 2.35. The van der Waals surface area contributed by atoms with Crippen LogP contribution in [-0.4, -0.2) is 56.1 Å². The number of anilines is 6. The number of nitrogen functional groups attached to an aromatic ring is 1. The average Bonchev–Trinajstić information content (AvgIpc) is 2.82. The van der Waals surface area contributed by atoms with Crippen LogP contribution < -0.4 is 26.0 Å². The number of hydrogen-bond acceptors (Lipinski definition) is 10. The predicted octanol–water partition coefficient (Wildman–Crippen LogP) is 3.57. The van der Waals surface area contributed by atoms with Crippen molar-refractivity contribution in [1.29, 1.82) is 0 Å². The lowest BCUT2D eigenvalue weighted by molar-refractivity contribution is 0.145. The van der Waals surface area contributed by atoms with Crippen molar-refractivity contribution in [2.75, 3.05) is 47.7 Å². The van der Waals surface area contributed by atoms with E-state index in [4.69, 9.17) is 22.1 Å². The highest BCUT2D eigenvalue weighted by atomic mass is 35.5. The summed E-state index contributed by atoms with van der Waals surface area (Å²) in [7, 11) is -1.93. The van der Waals surface area contributed by atoms with Crippen LogP contribution in [-0.2, 0) is 9.84 Å². The summed E-state index contributed by atoms with van der Waals surface area (Å²) in [6, 6.07) is 12.1. The second-order valence-corrected chi connectivity index (χ2v) is 10.6. The quantitative estimate of drug-likeness (QED) is 0.366. The molecule has 1 aliphatic rings. The van der Waals surface area contributed by atoms with Crippen LogP contribution in [0, 0.1) is 0 Å². The molecule has 12 heteroatoms. The molecule has 4 rings (SSSR count). The lowest BCUT2D eigenvalue weighted by Gasteiger charge is -2.31. The van der Waals surface area contributed by atoms with Gasteiger partial charge in [-0.05, 0) is 37.1 Å². The molecule has 0 unspecified atom stereocenters. The topological polar surface area (TPSA) is 143 Å². The van der Waals surface area contributed by atoms with Crippen molar-refractivity contribution in [3.05, 3.63) is 47.5 Å². The molecule has 5 N–H and O–H groups in total. The van der Waals surface area contributed by atoms with Gasteiger partial charge in [0.15, 0.2) is 15.7 Å². The van der Waals surface area contributed by atoms with E-state index in [0.29, 0.717) is 17.1 Å². The molecule has 1 aliphatic heterocycles. The Morgan fingerprint density at radius 2 is 1.83 bits per heavy atom. The van der Waals surface area contributed by atoms with Gasteiger partial charge in [0.05, 0.1) is 29.5 Å². The van der Waals surface area contributed by atoms with E-state index in [9.17, 15) is 13.5 Å². The Balaban J connectivity index is 1.61. The smallest absolute Gasteiger partial charge is 0.231 e. The number of rotatable bonds is 7. The van der Waals surface area contributed by atoms with Crippen LogP contribution in [0.3, 0.4) is 0 Å². The first-order valence-electron chi connectivity index (χ1n) is 10.9. The lowest BCUT2D eigenvalue weighted by atomic mass is 10.1. The maximum atomic E-state index is 12.2. The van der Waals surface area contributed by atoms with Crippen LogP contribution in [0.15, 0.2) is 47.4 Å². The molecule has 10 nitrogen and oxygen atoms in total. The molecule has 0 amide bonds. The summed E-state index contributed by atoms with van der Waals surface area (Å²) in [6.07, 6.45) is 2.31. The largest absolute Gasteiger partial charge is 0.494 e. The molecule has 186 valence electrons. The lowest BCUT2D eigenvalue weighted by Crippen LogP contribution is -2.35. The van der Waals surface area contributed by atoms with Crippen molar-refractivity contribution in [3.63, 3.8) is 0 Å². The molecule has 0 radical (unpaired) electrons. The van der Waals surface area contributed by atoms with E-state index >= 15 is 0 Å². The fourth-order valence-electron chi connectivity index (χ4n) is 3.85. The van der Waals surface area contributed by atoms with Gasteiger partial charge < -0.3 is 31.1 Å². The molecule has 2 aromatic carbocycles. The van der Waals surface area contributed by atoms with Gasteiger partial charge in [-0.15, -0.1) is 0 Å². The van der Waals surface area contributed by atoms with Crippen molar-refractivity contribution >= 4 is 56.1 Å². The summed E-state index contributed by atoms with van der Waals surface area (Å²) in [4.78, 5) is 10.9. The number of hydrogen-bond donors (Lipinski definition) is 4. The van der Waals surface area contributed by atoms with Gasteiger partial charge in [0.1, 0.15) is 16.6 Å². The molecule has 1 saturated heterocycles. The molecule has 0 aliphatic carbocycles. The summed E-state index contributed by atoms with van der Waals surface area (Å²) >= 11 is 6.32. The van der Waals surface area contributed by atoms with Crippen LogP contribution in [0.4, 0.5) is 34.6 Å². The average molecular weight is 519 g/mol. The summed E-state index contributed by atoms with van der Waals surface area (Å²) < 4.78 is 29.9. The van der Waals surface area contributed by atoms with E-state index < -0.39 is 9.84 Å². The maximum Gasteiger partial charge on any atom is 0.231 e. The number of sulfone groups is 1. The van der Waals surface area contributed by atoms with Crippen LogP contribution >= 0.6 is 11.6 Å². The molecule has 0 spiro atoms. The fraction of sp³-hybridized carbons (Fsp3) is 0.304. The van der Waals surface area contributed by atoms with Gasteiger partial charge >= 0.3 is 0 Å². The zero-order valence-electron chi connectivity index (χ0n) is 19.3. The number of nitrogens with one attached hydrogen (secondary N) is 2. The molecule has 0 atom stereocenters. The number of methoxy groups -OCH3 is 1. The van der Waals surface area contributed by atoms with Gasteiger partial charge in [0.2, 0.25) is 5.95 Å². The van der Waals surface area contributed by atoms with Crippen LogP contribution in [0.5, 0.6) is 5.75 Å². The Morgan fingerprint density at radius 3 is 2.51 bits per heavy atom. The molecule has 2 heterocycles. The van der Waals surface area contributed by atoms with E-state index in [1.165, 1.54) is 6.07 Å². The normalized spacial score (nSPS) is 14.6. The highest BCUT2D eigenvalue weighted by molar-refractivity contribution is 7.90. The first-order valence-corrected chi connectivity index (χ1v) is 13.2. The Morgan fingerprint density at radius 1 is 1.11 bits per heavy atom. The number of para-hydroxylation sites is 1. The summed E-state index contributed by atoms with van der Waals surface area (Å²) in [5.41, 5.74) is 7.92. The number of piperidine rings is 1. The van der Waals surface area contributed by atoms with Crippen molar-refractivity contribution in [2.45, 2.75) is 23.8 Å². The van der Waals surface area contributed by atoms with Crippen molar-refractivity contribution in [3.8, 4) is 5.75 Å². The van der Waals surface area contributed by atoms with Crippen molar-refractivity contribution in [2.24, 2.45) is 0 Å². The second-order valence-electron chi connectivity index (χ2n) is 8.22. The van der Waals surface area contributed by atoms with Crippen molar-refractivity contribution < 1.29 is 18.3 Å². The van der Waals surface area contributed by atoms with Crippen LogP contribution in [0.2, 0.25) is 5.02 Å². The van der Waals surface area contributed by atoms with Crippen molar-refractivity contribution in [1.82, 2.24) is 9.97 Å². The summed E-state index contributed by atoms with van der Waals surface area (Å²) in [5.74, 6) is 0.896. The summed E-state index contributed by atoms with van der Waals surface area (Å²) in [6.45, 7) is 1.52. The van der Waals surface area contributed by atoms with E-state index in [1.54, 1.807) is 25.3 Å². The number of nitrogens with zero attached hydrogens (tertiary/aromatic N) is 3. The zero-order valence-corrected chi connectivity index (χ0v) is 20.9. The molecule has 35 heavy (non-hydrogen) atoms. The highest BCUT2D eigenvalue weighted by Gasteiger charge is 2.20. The number of benzene rings is 2. The van der Waals surface area contributed by atoms with Gasteiger partial charge in [0, 0.05) is 31.1 Å². The third-order valence-corrected chi connectivity index (χ3v) is 7.21. The molecule has 1 aromatic heterocycles. The van der Waals surface area contributed by atoms with E-state index in [-0.39, 0.29) is 33.6 Å². The Hall–Kier alpha value is -3.28. The van der Waals surface area contributed by atoms with Gasteiger partial charge in [-0.1, -0.05) is 23.7 Å². The van der Waals surface area contributed by atoms with Gasteiger partial charge in [-0.2, -0.15) is 9.97 Å². The Bertz CT molecular complexity index is 1330. The molecular weight excluding hydrogens is 492 g/mol. The number of ether oxygens (including phenoxy) is 1. The van der Waals surface area contributed by atoms with Gasteiger partial charge in [0.25, 0.3) is 0 Å². The Kier molecular flexibility index (Phi) is 7.20. The maximum absolute atomic E-state index is 12.2. The zero-order chi connectivity index (χ0) is 25.2. The first-order chi connectivity index (χ1) is 16.7. The second kappa shape index (κ2) is 10.1. The SMILES string of the molecule is COc1cc(N2CCC(O)CC2)ccc1Nc1nc(N)c(Cl)c(Nc2ccccc2S(C)(=O)=O)n1. The third kappa shape index (κ3) is 5.69. The summed E-state index contributed by atoms with van der Waals surface area (Å²) in [5, 5.41) is 15.9. The van der Waals surface area contributed by atoms with E-state index in [0.717, 1.165) is 37.9 Å². The van der Waals surface area contributed by atoms with E-state index in [2.05, 4.69) is 25.5 Å². The van der Waals surface area contributed by atoms with Gasteiger partial charge in [-0.3, -0.25) is 0 Å². The molecule has 0 bridgehead atoms. The Labute approximate surface area is 209 Å². The minimum atomic E-state index is -3.49. The third-order valence-electron chi connectivity index (χ3n) is 5.68. The number of aliphatic hydroxyl groups is 1. The van der Waals surface area contributed by atoms with E-state index in [1.807, 2.05) is 18.2 Å². The first kappa shape index (κ1) is 24.8. The standard InChI is InChI=1S/C23H27ClN6O4S/c1-34-18-13-14(30-11-9-15(31)10-12-30)7-8-16(18)27-23-28-21(25)20(24)22(29-23)26-17-5-3-4-6-19(17)35(2,32)33/h3-8,13,15,31H,9-12H2,1-2H3,(H4,25,26,27,28,29). The molecule has 3 aromatic rings. The van der Waals surface area contributed by atoms with Gasteiger partial charge in [-0.25, -0.2) is 8.42 Å². The molecule has 0 saturated carbocycles. The van der Waals surface area contributed by atoms with Crippen LogP contribution in [0.25, 0.3) is 0 Å². The minimum Gasteiger partial charge on any atom is -0.494 e. The number of nitrogens with two attached hydrogens (primary N) is 1. The number of aromatic nitrogens is 2. The number of halogens is 1. The number of aliphatic hydroxyl groups excluding tert-OH is 1.